The summed E-state index contributed by atoms with van der Waals surface area (Å²) < 4.78 is 7.45. The van der Waals surface area contributed by atoms with Crippen LogP contribution in [0, 0.1) is 0 Å². The predicted molar refractivity (Wildman–Crippen MR) is 133 cm³/mol. The molecule has 3 aromatic rings. The van der Waals surface area contributed by atoms with Crippen LogP contribution >= 0.6 is 11.6 Å². The van der Waals surface area contributed by atoms with Gasteiger partial charge in [0, 0.05) is 38.5 Å². The molecule has 8 heteroatoms. The van der Waals surface area contributed by atoms with Gasteiger partial charge in [-0.15, -0.1) is 10.2 Å². The number of halogens is 1. The maximum absolute atomic E-state index is 12.6. The number of methoxy groups -OCH3 is 1. The second-order valence-electron chi connectivity index (χ2n) is 9.31. The van der Waals surface area contributed by atoms with E-state index in [0.717, 1.165) is 56.0 Å². The topological polar surface area (TPSA) is 72.3 Å². The lowest BCUT2D eigenvalue weighted by molar-refractivity contribution is -0.117. The molecule has 1 amide bonds. The molecule has 178 valence electrons. The Morgan fingerprint density at radius 2 is 1.88 bits per heavy atom. The third-order valence-electron chi connectivity index (χ3n) is 7.11. The Bertz CT molecular complexity index is 1170. The van der Waals surface area contributed by atoms with E-state index in [9.17, 15) is 4.79 Å². The van der Waals surface area contributed by atoms with Gasteiger partial charge in [-0.2, -0.15) is 0 Å². The first-order valence-corrected chi connectivity index (χ1v) is 12.2. The third kappa shape index (κ3) is 4.48. The number of anilines is 1. The zero-order chi connectivity index (χ0) is 23.7. The molecule has 1 saturated carbocycles. The molecule has 0 atom stereocenters. The van der Waals surface area contributed by atoms with Gasteiger partial charge in [-0.3, -0.25) is 9.69 Å². The van der Waals surface area contributed by atoms with E-state index in [1.165, 1.54) is 5.56 Å². The Kier molecular flexibility index (Phi) is 6.42. The Morgan fingerprint density at radius 3 is 2.53 bits per heavy atom. The maximum atomic E-state index is 12.6. The molecule has 5 rings (SSSR count). The van der Waals surface area contributed by atoms with Gasteiger partial charge in [0.2, 0.25) is 5.91 Å². The first kappa shape index (κ1) is 23.0. The molecule has 0 unspecified atom stereocenters. The quantitative estimate of drug-likeness (QED) is 0.548. The summed E-state index contributed by atoms with van der Waals surface area (Å²) in [4.78, 5) is 14.7. The van der Waals surface area contributed by atoms with Crippen molar-refractivity contribution in [3.8, 4) is 11.4 Å². The molecule has 0 radical (unpaired) electrons. The standard InChI is InChI=1S/C26H30ClN5O2/c1-31-24(29-30-25(31)26(12-13-26)18-6-4-3-5-7-18)21-9-8-19(16-22(21)27)28-23(33)17-32-14-10-20(34-2)11-15-32/h3-9,16,20H,10-15,17H2,1-2H3,(H,28,33). The van der Waals surface area contributed by atoms with E-state index in [1.54, 1.807) is 13.2 Å². The Hall–Kier alpha value is -2.74. The Morgan fingerprint density at radius 1 is 1.15 bits per heavy atom. The molecule has 1 N–H and O–H groups in total. The van der Waals surface area contributed by atoms with Crippen molar-refractivity contribution < 1.29 is 9.53 Å². The molecular weight excluding hydrogens is 450 g/mol. The van der Waals surface area contributed by atoms with E-state index in [4.69, 9.17) is 16.3 Å². The van der Waals surface area contributed by atoms with Gasteiger partial charge >= 0.3 is 0 Å². The van der Waals surface area contributed by atoms with Gasteiger partial charge in [-0.1, -0.05) is 41.9 Å². The highest BCUT2D eigenvalue weighted by Gasteiger charge is 2.49. The molecule has 2 aliphatic rings. The molecule has 2 heterocycles. The molecule has 34 heavy (non-hydrogen) atoms. The van der Waals surface area contributed by atoms with Crippen LogP contribution < -0.4 is 5.32 Å². The fourth-order valence-electron chi connectivity index (χ4n) is 4.98. The van der Waals surface area contributed by atoms with Crippen molar-refractivity contribution in [1.82, 2.24) is 19.7 Å². The second-order valence-corrected chi connectivity index (χ2v) is 9.72. The number of hydrogen-bond donors (Lipinski definition) is 1. The molecule has 2 fully saturated rings. The zero-order valence-electron chi connectivity index (χ0n) is 19.6. The van der Waals surface area contributed by atoms with Crippen molar-refractivity contribution in [1.29, 1.82) is 0 Å². The van der Waals surface area contributed by atoms with Crippen molar-refractivity contribution in [3.63, 3.8) is 0 Å². The summed E-state index contributed by atoms with van der Waals surface area (Å²) in [5.41, 5.74) is 2.68. The number of ether oxygens (including phenoxy) is 1. The second kappa shape index (κ2) is 9.49. The van der Waals surface area contributed by atoms with Crippen molar-refractivity contribution in [2.24, 2.45) is 7.05 Å². The fraction of sp³-hybridized carbons (Fsp3) is 0.423. The van der Waals surface area contributed by atoms with Gasteiger partial charge in [0.05, 0.1) is 23.1 Å². The van der Waals surface area contributed by atoms with Crippen molar-refractivity contribution in [3.05, 3.63) is 64.9 Å². The lowest BCUT2D eigenvalue weighted by Crippen LogP contribution is -2.41. The average molecular weight is 480 g/mol. The van der Waals surface area contributed by atoms with Crippen LogP contribution in [0.15, 0.2) is 48.5 Å². The van der Waals surface area contributed by atoms with Crippen molar-refractivity contribution in [2.75, 3.05) is 32.1 Å². The van der Waals surface area contributed by atoms with E-state index >= 15 is 0 Å². The third-order valence-corrected chi connectivity index (χ3v) is 7.42. The summed E-state index contributed by atoms with van der Waals surface area (Å²) in [7, 11) is 3.74. The predicted octanol–water partition coefficient (Wildman–Crippen LogP) is 4.26. The molecule has 0 spiro atoms. The molecule has 0 bridgehead atoms. The van der Waals surface area contributed by atoms with E-state index in [0.29, 0.717) is 23.4 Å². The minimum atomic E-state index is -0.0701. The highest BCUT2D eigenvalue weighted by molar-refractivity contribution is 6.33. The molecule has 1 aliphatic heterocycles. The number of benzene rings is 2. The summed E-state index contributed by atoms with van der Waals surface area (Å²) in [5, 5.41) is 12.5. The Labute approximate surface area is 205 Å². The lowest BCUT2D eigenvalue weighted by atomic mass is 9.95. The summed E-state index contributed by atoms with van der Waals surface area (Å²) in [6.45, 7) is 2.10. The van der Waals surface area contributed by atoms with Gasteiger partial charge in [0.15, 0.2) is 5.82 Å². The highest BCUT2D eigenvalue weighted by Crippen LogP contribution is 2.53. The van der Waals surface area contributed by atoms with Crippen LogP contribution in [0.3, 0.4) is 0 Å². The summed E-state index contributed by atoms with van der Waals surface area (Å²) in [6.07, 6.45) is 4.33. The first-order chi connectivity index (χ1) is 16.5. The molecule has 7 nitrogen and oxygen atoms in total. The van der Waals surface area contributed by atoms with Gasteiger partial charge < -0.3 is 14.6 Å². The van der Waals surface area contributed by atoms with Crippen LogP contribution in [0.4, 0.5) is 5.69 Å². The zero-order valence-corrected chi connectivity index (χ0v) is 20.4. The monoisotopic (exact) mass is 479 g/mol. The summed E-state index contributed by atoms with van der Waals surface area (Å²) in [6, 6.07) is 16.0. The maximum Gasteiger partial charge on any atom is 0.238 e. The first-order valence-electron chi connectivity index (χ1n) is 11.8. The summed E-state index contributed by atoms with van der Waals surface area (Å²) >= 11 is 6.64. The number of nitrogens with one attached hydrogen (secondary N) is 1. The van der Waals surface area contributed by atoms with E-state index in [-0.39, 0.29) is 11.3 Å². The number of piperidine rings is 1. The number of likely N-dealkylation sites (tertiary alicyclic amines) is 1. The largest absolute Gasteiger partial charge is 0.381 e. The van der Waals surface area contributed by atoms with Gasteiger partial charge in [-0.25, -0.2) is 0 Å². The van der Waals surface area contributed by atoms with Gasteiger partial charge in [0.1, 0.15) is 5.82 Å². The number of carbonyl (C=O) groups excluding carboxylic acids is 1. The molecular formula is C26H30ClN5O2. The fourth-order valence-corrected chi connectivity index (χ4v) is 5.25. The van der Waals surface area contributed by atoms with E-state index in [1.807, 2.05) is 29.8 Å². The van der Waals surface area contributed by atoms with Crippen LogP contribution in [-0.4, -0.2) is 58.4 Å². The van der Waals surface area contributed by atoms with Crippen LogP contribution in [0.1, 0.15) is 37.1 Å². The number of carbonyl (C=O) groups is 1. The number of rotatable bonds is 7. The summed E-state index contributed by atoms with van der Waals surface area (Å²) in [5.74, 6) is 1.64. The van der Waals surface area contributed by atoms with Crippen LogP contribution in [0.5, 0.6) is 0 Å². The molecule has 1 saturated heterocycles. The molecule has 2 aromatic carbocycles. The van der Waals surface area contributed by atoms with Crippen molar-refractivity contribution >= 4 is 23.2 Å². The van der Waals surface area contributed by atoms with Crippen LogP contribution in [0.25, 0.3) is 11.4 Å². The minimum absolute atomic E-state index is 0.0424. The molecule has 1 aromatic heterocycles. The highest BCUT2D eigenvalue weighted by atomic mass is 35.5. The van der Waals surface area contributed by atoms with E-state index in [2.05, 4.69) is 44.7 Å². The van der Waals surface area contributed by atoms with Gasteiger partial charge in [0.25, 0.3) is 0 Å². The number of amides is 1. The van der Waals surface area contributed by atoms with Crippen LogP contribution in [0.2, 0.25) is 5.02 Å². The molecule has 1 aliphatic carbocycles. The van der Waals surface area contributed by atoms with Crippen molar-refractivity contribution in [2.45, 2.75) is 37.2 Å². The number of nitrogens with zero attached hydrogens (tertiary/aromatic N) is 4. The normalized spacial score (nSPS) is 18.1. The van der Waals surface area contributed by atoms with Crippen LogP contribution in [-0.2, 0) is 22.0 Å². The SMILES string of the molecule is COC1CCN(CC(=O)Nc2ccc(-c3nnc(C4(c5ccccc5)CC4)n3C)c(Cl)c2)CC1. The number of hydrogen-bond acceptors (Lipinski definition) is 5. The minimum Gasteiger partial charge on any atom is -0.381 e. The average Bonchev–Trinajstić information content (AvgIpc) is 3.57. The smallest absolute Gasteiger partial charge is 0.238 e. The van der Waals surface area contributed by atoms with Gasteiger partial charge in [-0.05, 0) is 49.4 Å². The number of aromatic nitrogens is 3. The van der Waals surface area contributed by atoms with E-state index < -0.39 is 0 Å². The Balaban J connectivity index is 1.28. The lowest BCUT2D eigenvalue weighted by Gasteiger charge is -2.30.